The van der Waals surface area contributed by atoms with E-state index in [2.05, 4.69) is 15.9 Å². The number of fused-ring (bicyclic) bond motifs is 1. The summed E-state index contributed by atoms with van der Waals surface area (Å²) >= 11 is 3.33. The highest BCUT2D eigenvalue weighted by molar-refractivity contribution is 9.10. The Morgan fingerprint density at radius 3 is 2.61 bits per heavy atom. The predicted molar refractivity (Wildman–Crippen MR) is 91.2 cm³/mol. The molecular weight excluding hydrogens is 360 g/mol. The van der Waals surface area contributed by atoms with Gasteiger partial charge in [0.05, 0.1) is 0 Å². The second-order valence-electron chi connectivity index (χ2n) is 5.13. The van der Waals surface area contributed by atoms with Crippen molar-refractivity contribution in [2.24, 2.45) is 0 Å². The van der Waals surface area contributed by atoms with Gasteiger partial charge in [-0.05, 0) is 36.8 Å². The summed E-state index contributed by atoms with van der Waals surface area (Å²) in [6.07, 6.45) is 0. The Hall–Kier alpha value is -2.40. The van der Waals surface area contributed by atoms with Gasteiger partial charge < -0.3 is 9.15 Å². The van der Waals surface area contributed by atoms with Gasteiger partial charge in [0.1, 0.15) is 11.3 Å². The normalized spacial score (nSPS) is 10.7. The molecule has 0 N–H and O–H groups in total. The van der Waals surface area contributed by atoms with Crippen LogP contribution in [0.2, 0.25) is 0 Å². The van der Waals surface area contributed by atoms with Gasteiger partial charge in [-0.15, -0.1) is 0 Å². The Morgan fingerprint density at radius 1 is 1.13 bits per heavy atom. The molecule has 3 aromatic rings. The van der Waals surface area contributed by atoms with Gasteiger partial charge in [-0.3, -0.25) is 4.79 Å². The number of ketones is 1. The van der Waals surface area contributed by atoms with Crippen LogP contribution in [0.1, 0.15) is 15.9 Å². The van der Waals surface area contributed by atoms with Gasteiger partial charge in [-0.25, -0.2) is 4.79 Å². The lowest BCUT2D eigenvalue weighted by atomic mass is 10.1. The minimum absolute atomic E-state index is 0.0802. The third-order valence-corrected chi connectivity index (χ3v) is 3.99. The van der Waals surface area contributed by atoms with Crippen LogP contribution in [0, 0.1) is 6.92 Å². The van der Waals surface area contributed by atoms with Crippen molar-refractivity contribution in [1.82, 2.24) is 0 Å². The molecule has 116 valence electrons. The summed E-state index contributed by atoms with van der Waals surface area (Å²) in [5.74, 6) is 0.361. The lowest BCUT2D eigenvalue weighted by molar-refractivity contribution is 0.0921. The molecule has 0 atom stereocenters. The molecule has 0 saturated carbocycles. The first-order valence-electron chi connectivity index (χ1n) is 6.99. The maximum Gasteiger partial charge on any atom is 0.336 e. The minimum Gasteiger partial charge on any atom is -0.485 e. The monoisotopic (exact) mass is 372 g/mol. The lowest BCUT2D eigenvalue weighted by Crippen LogP contribution is -2.11. The molecule has 0 fully saturated rings. The molecule has 4 nitrogen and oxygen atoms in total. The highest BCUT2D eigenvalue weighted by Crippen LogP contribution is 2.22. The maximum absolute atomic E-state index is 12.1. The van der Waals surface area contributed by atoms with Crippen molar-refractivity contribution in [3.63, 3.8) is 0 Å². The summed E-state index contributed by atoms with van der Waals surface area (Å²) in [7, 11) is 0. The van der Waals surface area contributed by atoms with E-state index < -0.39 is 5.63 Å². The minimum atomic E-state index is -0.405. The fourth-order valence-corrected chi connectivity index (χ4v) is 2.53. The molecule has 0 bridgehead atoms. The summed E-state index contributed by atoms with van der Waals surface area (Å²) in [6, 6.07) is 13.7. The van der Waals surface area contributed by atoms with Gasteiger partial charge in [0, 0.05) is 27.6 Å². The first-order valence-corrected chi connectivity index (χ1v) is 7.78. The number of Topliss-reactive ketones (excluding diaryl/α,β-unsaturated/α-hetero) is 1. The fourth-order valence-electron chi connectivity index (χ4n) is 2.26. The number of rotatable bonds is 4. The summed E-state index contributed by atoms with van der Waals surface area (Å²) in [4.78, 5) is 23.5. The molecular formula is C18H13BrO4. The van der Waals surface area contributed by atoms with Crippen molar-refractivity contribution in [2.75, 3.05) is 6.61 Å². The number of aryl methyl sites for hydroxylation is 1. The second kappa shape index (κ2) is 6.38. The number of hydrogen-bond donors (Lipinski definition) is 0. The van der Waals surface area contributed by atoms with Gasteiger partial charge >= 0.3 is 5.63 Å². The van der Waals surface area contributed by atoms with Crippen LogP contribution in [-0.4, -0.2) is 12.4 Å². The number of hydrogen-bond acceptors (Lipinski definition) is 4. The van der Waals surface area contributed by atoms with Crippen LogP contribution in [0.5, 0.6) is 5.75 Å². The largest absolute Gasteiger partial charge is 0.485 e. The molecule has 0 amide bonds. The topological polar surface area (TPSA) is 56.5 Å². The second-order valence-corrected chi connectivity index (χ2v) is 6.04. The quantitative estimate of drug-likeness (QED) is 0.510. The van der Waals surface area contributed by atoms with Crippen LogP contribution in [0.15, 0.2) is 62.2 Å². The Morgan fingerprint density at radius 2 is 1.87 bits per heavy atom. The van der Waals surface area contributed by atoms with E-state index in [9.17, 15) is 9.59 Å². The molecule has 0 aliphatic rings. The maximum atomic E-state index is 12.1. The van der Waals surface area contributed by atoms with E-state index in [4.69, 9.17) is 9.15 Å². The van der Waals surface area contributed by atoms with Crippen LogP contribution >= 0.6 is 15.9 Å². The number of carbonyl (C=O) groups excluding carboxylic acids is 1. The van der Waals surface area contributed by atoms with Crippen molar-refractivity contribution in [2.45, 2.75) is 6.92 Å². The molecule has 23 heavy (non-hydrogen) atoms. The highest BCUT2D eigenvalue weighted by atomic mass is 79.9. The smallest absolute Gasteiger partial charge is 0.336 e. The van der Waals surface area contributed by atoms with Crippen LogP contribution in [0.4, 0.5) is 0 Å². The van der Waals surface area contributed by atoms with E-state index in [1.54, 1.807) is 36.4 Å². The van der Waals surface area contributed by atoms with E-state index in [1.807, 2.05) is 13.0 Å². The van der Waals surface area contributed by atoms with Crippen molar-refractivity contribution < 1.29 is 13.9 Å². The summed E-state index contributed by atoms with van der Waals surface area (Å²) < 4.78 is 11.6. The lowest BCUT2D eigenvalue weighted by Gasteiger charge is -2.07. The van der Waals surface area contributed by atoms with E-state index in [0.29, 0.717) is 16.9 Å². The van der Waals surface area contributed by atoms with Crippen LogP contribution in [0.3, 0.4) is 0 Å². The van der Waals surface area contributed by atoms with E-state index >= 15 is 0 Å². The first-order chi connectivity index (χ1) is 11.0. The molecule has 5 heteroatoms. The van der Waals surface area contributed by atoms with Crippen molar-refractivity contribution in [3.8, 4) is 5.75 Å². The summed E-state index contributed by atoms with van der Waals surface area (Å²) in [5.41, 5.74) is 1.46. The average Bonchev–Trinajstić information content (AvgIpc) is 2.52. The molecule has 1 heterocycles. The van der Waals surface area contributed by atoms with E-state index in [-0.39, 0.29) is 12.4 Å². The number of halogens is 1. The zero-order valence-corrected chi connectivity index (χ0v) is 13.9. The van der Waals surface area contributed by atoms with Crippen molar-refractivity contribution in [3.05, 3.63) is 74.6 Å². The third-order valence-electron chi connectivity index (χ3n) is 3.46. The number of ether oxygens (including phenoxy) is 1. The molecule has 3 rings (SSSR count). The van der Waals surface area contributed by atoms with Gasteiger partial charge in [0.15, 0.2) is 12.4 Å². The fraction of sp³-hybridized carbons (Fsp3) is 0.111. The SMILES string of the molecule is Cc1cc(=O)oc2cc(OCC(=O)c3ccc(Br)cc3)ccc12. The standard InChI is InChI=1S/C18H13BrO4/c1-11-8-18(21)23-17-9-14(6-7-15(11)17)22-10-16(20)12-2-4-13(19)5-3-12/h2-9H,10H2,1H3. The molecule has 0 aliphatic heterocycles. The highest BCUT2D eigenvalue weighted by Gasteiger charge is 2.08. The molecule has 0 saturated heterocycles. The van der Waals surface area contributed by atoms with Crippen molar-refractivity contribution in [1.29, 1.82) is 0 Å². The summed E-state index contributed by atoms with van der Waals surface area (Å²) in [5, 5.41) is 0.844. The number of carbonyl (C=O) groups is 1. The molecule has 2 aromatic carbocycles. The molecule has 0 aliphatic carbocycles. The zero-order valence-electron chi connectivity index (χ0n) is 12.3. The molecule has 0 radical (unpaired) electrons. The first kappa shape index (κ1) is 15.5. The van der Waals surface area contributed by atoms with Crippen molar-refractivity contribution >= 4 is 32.7 Å². The Bertz CT molecular complexity index is 926. The van der Waals surface area contributed by atoms with Gasteiger partial charge in [0.2, 0.25) is 0 Å². The molecule has 1 aromatic heterocycles. The molecule has 0 unspecified atom stereocenters. The van der Waals surface area contributed by atoms with Gasteiger partial charge in [-0.1, -0.05) is 28.1 Å². The Balaban J connectivity index is 1.78. The van der Waals surface area contributed by atoms with Gasteiger partial charge in [-0.2, -0.15) is 0 Å². The number of benzene rings is 2. The van der Waals surface area contributed by atoms with Crippen LogP contribution in [0.25, 0.3) is 11.0 Å². The predicted octanol–water partition coefficient (Wildman–Crippen LogP) is 4.13. The zero-order chi connectivity index (χ0) is 16.4. The van der Waals surface area contributed by atoms with Gasteiger partial charge in [0.25, 0.3) is 0 Å². The van der Waals surface area contributed by atoms with E-state index in [0.717, 1.165) is 15.4 Å². The van der Waals surface area contributed by atoms with E-state index in [1.165, 1.54) is 6.07 Å². The third kappa shape index (κ3) is 3.51. The Kier molecular flexibility index (Phi) is 4.30. The average molecular weight is 373 g/mol. The molecule has 0 spiro atoms. The van der Waals surface area contributed by atoms with Crippen LogP contribution < -0.4 is 10.4 Å². The summed E-state index contributed by atoms with van der Waals surface area (Å²) in [6.45, 7) is 1.76. The van der Waals surface area contributed by atoms with Crippen LogP contribution in [-0.2, 0) is 0 Å². The Labute approximate surface area is 140 Å².